The van der Waals surface area contributed by atoms with Gasteiger partial charge in [-0.15, -0.1) is 0 Å². The third-order valence-corrected chi connectivity index (χ3v) is 11.1. The third kappa shape index (κ3) is 4.81. The van der Waals surface area contributed by atoms with Crippen molar-refractivity contribution in [3.8, 4) is 44.8 Å². The maximum atomic E-state index is 2.44. The molecule has 11 rings (SSSR count). The lowest BCUT2D eigenvalue weighted by Gasteiger charge is -2.13. The van der Waals surface area contributed by atoms with Gasteiger partial charge in [-0.25, -0.2) is 0 Å². The first-order valence-corrected chi connectivity index (χ1v) is 18.6. The van der Waals surface area contributed by atoms with E-state index in [1.807, 2.05) is 0 Å². The summed E-state index contributed by atoms with van der Waals surface area (Å²) < 4.78 is 4.87. The summed E-state index contributed by atoms with van der Waals surface area (Å²) in [6, 6.07) is 75.2. The van der Waals surface area contributed by atoms with Crippen molar-refractivity contribution < 1.29 is 0 Å². The van der Waals surface area contributed by atoms with Crippen molar-refractivity contribution >= 4 is 54.4 Å². The molecule has 54 heavy (non-hydrogen) atoms. The molecule has 0 saturated heterocycles. The minimum Gasteiger partial charge on any atom is -0.309 e. The van der Waals surface area contributed by atoms with Gasteiger partial charge in [0.1, 0.15) is 0 Å². The molecule has 0 amide bonds. The second-order valence-corrected chi connectivity index (χ2v) is 14.2. The van der Waals surface area contributed by atoms with Gasteiger partial charge in [0.05, 0.1) is 22.1 Å². The van der Waals surface area contributed by atoms with E-state index in [1.165, 1.54) is 93.5 Å². The van der Waals surface area contributed by atoms with Crippen molar-refractivity contribution in [2.24, 2.45) is 0 Å². The second-order valence-electron chi connectivity index (χ2n) is 14.2. The Morgan fingerprint density at radius 2 is 0.667 bits per heavy atom. The molecule has 2 nitrogen and oxygen atoms in total. The predicted molar refractivity (Wildman–Crippen MR) is 229 cm³/mol. The molecule has 0 spiro atoms. The van der Waals surface area contributed by atoms with Crippen LogP contribution in [0.15, 0.2) is 206 Å². The fourth-order valence-electron chi connectivity index (χ4n) is 8.58. The van der Waals surface area contributed by atoms with E-state index in [-0.39, 0.29) is 0 Å². The molecule has 9 aromatic carbocycles. The van der Waals surface area contributed by atoms with Gasteiger partial charge in [0.2, 0.25) is 0 Å². The highest BCUT2D eigenvalue weighted by molar-refractivity contribution is 6.29. The van der Waals surface area contributed by atoms with Crippen LogP contribution in [0.5, 0.6) is 0 Å². The maximum absolute atomic E-state index is 2.44. The van der Waals surface area contributed by atoms with Crippen molar-refractivity contribution in [3.05, 3.63) is 206 Å². The monoisotopic (exact) mass is 686 g/mol. The topological polar surface area (TPSA) is 9.86 Å². The fourth-order valence-corrected chi connectivity index (χ4v) is 8.58. The summed E-state index contributed by atoms with van der Waals surface area (Å²) in [5, 5.41) is 7.58. The van der Waals surface area contributed by atoms with Crippen molar-refractivity contribution in [1.82, 2.24) is 9.13 Å². The first-order valence-electron chi connectivity index (χ1n) is 18.6. The molecule has 0 atom stereocenters. The zero-order valence-electron chi connectivity index (χ0n) is 29.5. The number of para-hydroxylation sites is 2. The van der Waals surface area contributed by atoms with Crippen LogP contribution in [-0.2, 0) is 0 Å². The number of rotatable bonds is 5. The van der Waals surface area contributed by atoms with Gasteiger partial charge in [0, 0.05) is 32.9 Å². The van der Waals surface area contributed by atoms with Crippen LogP contribution >= 0.6 is 0 Å². The number of fused-ring (bicyclic) bond motifs is 8. The van der Waals surface area contributed by atoms with Gasteiger partial charge in [0.15, 0.2) is 0 Å². The van der Waals surface area contributed by atoms with E-state index in [0.717, 1.165) is 5.69 Å². The Labute approximate surface area is 313 Å². The molecular formula is C52H34N2. The van der Waals surface area contributed by atoms with Crippen LogP contribution in [0.4, 0.5) is 0 Å². The van der Waals surface area contributed by atoms with Gasteiger partial charge < -0.3 is 9.13 Å². The van der Waals surface area contributed by atoms with Gasteiger partial charge >= 0.3 is 0 Å². The van der Waals surface area contributed by atoms with E-state index < -0.39 is 0 Å². The lowest BCUT2D eigenvalue weighted by molar-refractivity contribution is 1.17. The van der Waals surface area contributed by atoms with Crippen LogP contribution in [0, 0.1) is 0 Å². The summed E-state index contributed by atoms with van der Waals surface area (Å²) in [5.41, 5.74) is 14.4. The Morgan fingerprint density at radius 1 is 0.241 bits per heavy atom. The van der Waals surface area contributed by atoms with Gasteiger partial charge in [-0.2, -0.15) is 0 Å². The first kappa shape index (κ1) is 30.5. The van der Waals surface area contributed by atoms with Crippen LogP contribution in [0.1, 0.15) is 0 Å². The van der Waals surface area contributed by atoms with E-state index in [1.54, 1.807) is 0 Å². The molecule has 0 aliphatic rings. The Hall–Kier alpha value is -7.16. The molecule has 0 fully saturated rings. The highest BCUT2D eigenvalue weighted by Crippen LogP contribution is 2.43. The van der Waals surface area contributed by atoms with Crippen LogP contribution in [0.3, 0.4) is 0 Å². The number of hydrogen-bond acceptors (Lipinski definition) is 0. The highest BCUT2D eigenvalue weighted by atomic mass is 15.0. The Morgan fingerprint density at radius 3 is 1.22 bits per heavy atom. The zero-order chi connectivity index (χ0) is 35.6. The molecule has 0 aliphatic carbocycles. The van der Waals surface area contributed by atoms with E-state index in [4.69, 9.17) is 0 Å². The van der Waals surface area contributed by atoms with E-state index in [0.29, 0.717) is 0 Å². The molecule has 0 unspecified atom stereocenters. The summed E-state index contributed by atoms with van der Waals surface area (Å²) in [5.74, 6) is 0. The summed E-state index contributed by atoms with van der Waals surface area (Å²) in [4.78, 5) is 0. The average Bonchev–Trinajstić information content (AvgIpc) is 3.77. The van der Waals surface area contributed by atoms with Crippen molar-refractivity contribution in [2.75, 3.05) is 0 Å². The zero-order valence-corrected chi connectivity index (χ0v) is 29.5. The van der Waals surface area contributed by atoms with Gasteiger partial charge in [-0.3, -0.25) is 0 Å². The molecule has 0 saturated carbocycles. The van der Waals surface area contributed by atoms with Gasteiger partial charge in [-0.1, -0.05) is 140 Å². The second kappa shape index (κ2) is 12.2. The molecule has 0 N–H and O–H groups in total. The number of nitrogens with zero attached hydrogens (tertiary/aromatic N) is 2. The lowest BCUT2D eigenvalue weighted by atomic mass is 9.93. The standard InChI is InChI=1S/C52H34N2/c1-3-13-35(14-4-1)40-31-41(36-15-5-2-6-16-36)33-42(32-40)38-23-26-43(27-24-38)53-47-21-11-9-19-45(47)51-49(53)29-30-50-52(51)46-20-10-12-22-48(46)54(50)44-28-25-37-17-7-8-18-39(37)34-44/h1-34H. The highest BCUT2D eigenvalue weighted by Gasteiger charge is 2.20. The van der Waals surface area contributed by atoms with Crippen LogP contribution < -0.4 is 0 Å². The maximum Gasteiger partial charge on any atom is 0.0548 e. The molecule has 252 valence electrons. The number of aromatic nitrogens is 2. The van der Waals surface area contributed by atoms with E-state index in [2.05, 4.69) is 215 Å². The molecule has 0 radical (unpaired) electrons. The fraction of sp³-hybridized carbons (Fsp3) is 0. The van der Waals surface area contributed by atoms with Crippen LogP contribution in [0.25, 0.3) is 99.1 Å². The Bertz CT molecular complexity index is 3130. The minimum atomic E-state index is 1.14. The number of hydrogen-bond donors (Lipinski definition) is 0. The molecule has 2 heteroatoms. The summed E-state index contributed by atoms with van der Waals surface area (Å²) in [6.45, 7) is 0. The first-order chi connectivity index (χ1) is 26.8. The SMILES string of the molecule is c1ccc(-c2cc(-c3ccccc3)cc(-c3ccc(-n4c5ccccc5c5c6c7ccccc7n(-c7ccc8ccccc8c7)c6ccc54)cc3)c2)cc1. The molecular weight excluding hydrogens is 653 g/mol. The average molecular weight is 687 g/mol. The smallest absolute Gasteiger partial charge is 0.0548 e. The van der Waals surface area contributed by atoms with E-state index >= 15 is 0 Å². The van der Waals surface area contributed by atoms with Crippen LogP contribution in [-0.4, -0.2) is 9.13 Å². The molecule has 0 aliphatic heterocycles. The van der Waals surface area contributed by atoms with Gasteiger partial charge in [-0.05, 0) is 111 Å². The summed E-state index contributed by atoms with van der Waals surface area (Å²) in [6.07, 6.45) is 0. The van der Waals surface area contributed by atoms with Crippen LogP contribution in [0.2, 0.25) is 0 Å². The third-order valence-electron chi connectivity index (χ3n) is 11.1. The van der Waals surface area contributed by atoms with Crippen molar-refractivity contribution in [2.45, 2.75) is 0 Å². The molecule has 2 aromatic heterocycles. The normalized spacial score (nSPS) is 11.7. The minimum absolute atomic E-state index is 1.14. The van der Waals surface area contributed by atoms with E-state index in [9.17, 15) is 0 Å². The molecule has 11 aromatic rings. The van der Waals surface area contributed by atoms with Gasteiger partial charge in [0.25, 0.3) is 0 Å². The largest absolute Gasteiger partial charge is 0.309 e. The Kier molecular flexibility index (Phi) is 6.90. The summed E-state index contributed by atoms with van der Waals surface area (Å²) in [7, 11) is 0. The number of benzene rings is 9. The molecule has 0 bridgehead atoms. The molecule has 2 heterocycles. The quantitative estimate of drug-likeness (QED) is 0.171. The van der Waals surface area contributed by atoms with Crippen molar-refractivity contribution in [1.29, 1.82) is 0 Å². The predicted octanol–water partition coefficient (Wildman–Crippen LogP) is 14.0. The van der Waals surface area contributed by atoms with Crippen molar-refractivity contribution in [3.63, 3.8) is 0 Å². The summed E-state index contributed by atoms with van der Waals surface area (Å²) >= 11 is 0. The Balaban J connectivity index is 1.10. The lowest BCUT2D eigenvalue weighted by Crippen LogP contribution is -1.95.